The molecule has 0 aliphatic rings. The molecule has 2 rings (SSSR count). The Morgan fingerprint density at radius 3 is 2.78 bits per heavy atom. The normalized spacial score (nSPS) is 14.6. The van der Waals surface area contributed by atoms with E-state index in [-0.39, 0.29) is 18.6 Å². The first kappa shape index (κ1) is 13.0. The molecular formula is C15H20N2O. The number of hydrogen-bond acceptors (Lipinski definition) is 3. The summed E-state index contributed by atoms with van der Waals surface area (Å²) < 4.78 is 0. The van der Waals surface area contributed by atoms with Crippen LogP contribution in [0.15, 0.2) is 36.5 Å². The largest absolute Gasteiger partial charge is 0.396 e. The molecule has 0 amide bonds. The van der Waals surface area contributed by atoms with Gasteiger partial charge in [0.25, 0.3) is 0 Å². The van der Waals surface area contributed by atoms with Crippen molar-refractivity contribution in [2.24, 2.45) is 5.73 Å². The van der Waals surface area contributed by atoms with Crippen LogP contribution in [0.1, 0.15) is 31.2 Å². The van der Waals surface area contributed by atoms with Gasteiger partial charge in [0.1, 0.15) is 0 Å². The number of nitrogens with zero attached hydrogens (tertiary/aromatic N) is 1. The van der Waals surface area contributed by atoms with Gasteiger partial charge in [0, 0.05) is 30.1 Å². The Kier molecular flexibility index (Phi) is 4.28. The molecule has 96 valence electrons. The second-order valence-electron chi connectivity index (χ2n) is 4.61. The van der Waals surface area contributed by atoms with Crippen molar-refractivity contribution in [1.29, 1.82) is 0 Å². The lowest BCUT2D eigenvalue weighted by molar-refractivity contribution is 0.266. The monoisotopic (exact) mass is 244 g/mol. The van der Waals surface area contributed by atoms with Crippen LogP contribution in [-0.2, 0) is 0 Å². The Hall–Kier alpha value is -1.45. The van der Waals surface area contributed by atoms with E-state index >= 15 is 0 Å². The first-order chi connectivity index (χ1) is 8.77. The number of fused-ring (bicyclic) bond motifs is 1. The summed E-state index contributed by atoms with van der Waals surface area (Å²) in [7, 11) is 0. The van der Waals surface area contributed by atoms with Gasteiger partial charge >= 0.3 is 0 Å². The van der Waals surface area contributed by atoms with E-state index in [9.17, 15) is 5.11 Å². The molecule has 1 aromatic carbocycles. The number of aromatic nitrogens is 1. The van der Waals surface area contributed by atoms with Gasteiger partial charge in [0.05, 0.1) is 5.52 Å². The van der Waals surface area contributed by atoms with Crippen LogP contribution in [0.3, 0.4) is 0 Å². The third-order valence-electron chi connectivity index (χ3n) is 3.51. The molecule has 2 atom stereocenters. The minimum Gasteiger partial charge on any atom is -0.396 e. The van der Waals surface area contributed by atoms with E-state index in [1.165, 1.54) is 5.56 Å². The second-order valence-corrected chi connectivity index (χ2v) is 4.61. The summed E-state index contributed by atoms with van der Waals surface area (Å²) in [6.07, 6.45) is 3.43. The summed E-state index contributed by atoms with van der Waals surface area (Å²) in [5.74, 6) is 0.188. The number of benzene rings is 1. The van der Waals surface area contributed by atoms with Crippen molar-refractivity contribution in [3.63, 3.8) is 0 Å². The highest BCUT2D eigenvalue weighted by atomic mass is 16.3. The lowest BCUT2D eigenvalue weighted by atomic mass is 9.86. The predicted octanol–water partition coefficient (Wildman–Crippen LogP) is 2.44. The zero-order valence-corrected chi connectivity index (χ0v) is 10.7. The van der Waals surface area contributed by atoms with E-state index in [1.807, 2.05) is 30.5 Å². The van der Waals surface area contributed by atoms with Crippen molar-refractivity contribution in [3.8, 4) is 0 Å². The van der Waals surface area contributed by atoms with Crippen molar-refractivity contribution in [2.75, 3.05) is 6.61 Å². The standard InChI is InChI=1S/C15H20N2O/c1-2-14(16)12(8-10-18)11-7-9-17-15-6-4-3-5-13(11)15/h3-7,9,12,14,18H,2,8,10,16H2,1H3. The zero-order valence-electron chi connectivity index (χ0n) is 10.7. The van der Waals surface area contributed by atoms with E-state index in [2.05, 4.69) is 18.0 Å². The summed E-state index contributed by atoms with van der Waals surface area (Å²) in [4.78, 5) is 4.37. The molecule has 3 N–H and O–H groups in total. The van der Waals surface area contributed by atoms with Gasteiger partial charge in [-0.05, 0) is 30.5 Å². The summed E-state index contributed by atoms with van der Waals surface area (Å²) in [5.41, 5.74) is 8.38. The van der Waals surface area contributed by atoms with Crippen molar-refractivity contribution in [3.05, 3.63) is 42.1 Å². The maximum absolute atomic E-state index is 9.24. The number of rotatable bonds is 5. The molecule has 2 unspecified atom stereocenters. The topological polar surface area (TPSA) is 59.1 Å². The number of aliphatic hydroxyl groups excluding tert-OH is 1. The average Bonchev–Trinajstić information content (AvgIpc) is 2.43. The van der Waals surface area contributed by atoms with Crippen LogP contribution in [-0.4, -0.2) is 22.7 Å². The van der Waals surface area contributed by atoms with E-state index in [1.54, 1.807) is 0 Å². The van der Waals surface area contributed by atoms with Crippen LogP contribution >= 0.6 is 0 Å². The average molecular weight is 244 g/mol. The van der Waals surface area contributed by atoms with Crippen LogP contribution in [0.2, 0.25) is 0 Å². The fraction of sp³-hybridized carbons (Fsp3) is 0.400. The number of para-hydroxylation sites is 1. The van der Waals surface area contributed by atoms with E-state index in [0.29, 0.717) is 6.42 Å². The Bertz CT molecular complexity index is 507. The highest BCUT2D eigenvalue weighted by Gasteiger charge is 2.20. The third-order valence-corrected chi connectivity index (χ3v) is 3.51. The summed E-state index contributed by atoms with van der Waals surface area (Å²) in [6.45, 7) is 2.24. The minimum absolute atomic E-state index is 0.0722. The van der Waals surface area contributed by atoms with Crippen LogP contribution in [0.25, 0.3) is 10.9 Å². The molecular weight excluding hydrogens is 224 g/mol. The molecule has 18 heavy (non-hydrogen) atoms. The molecule has 0 fully saturated rings. The number of nitrogens with two attached hydrogens (primary N) is 1. The summed E-state index contributed by atoms with van der Waals surface area (Å²) >= 11 is 0. The summed E-state index contributed by atoms with van der Waals surface area (Å²) in [6, 6.07) is 10.2. The van der Waals surface area contributed by atoms with Gasteiger partial charge in [-0.2, -0.15) is 0 Å². The molecule has 0 radical (unpaired) electrons. The molecule has 1 heterocycles. The number of hydrogen-bond donors (Lipinski definition) is 2. The van der Waals surface area contributed by atoms with E-state index in [4.69, 9.17) is 5.73 Å². The minimum atomic E-state index is 0.0722. The smallest absolute Gasteiger partial charge is 0.0704 e. The molecule has 0 spiro atoms. The highest BCUT2D eigenvalue weighted by molar-refractivity contribution is 5.82. The maximum atomic E-state index is 9.24. The Labute approximate surface area is 108 Å². The van der Waals surface area contributed by atoms with Crippen molar-refractivity contribution < 1.29 is 5.11 Å². The quantitative estimate of drug-likeness (QED) is 0.849. The van der Waals surface area contributed by atoms with Gasteiger partial charge in [0.2, 0.25) is 0 Å². The fourth-order valence-corrected chi connectivity index (χ4v) is 2.47. The molecule has 1 aromatic heterocycles. The van der Waals surface area contributed by atoms with Gasteiger partial charge in [-0.15, -0.1) is 0 Å². The Balaban J connectivity index is 2.49. The molecule has 2 aromatic rings. The van der Waals surface area contributed by atoms with Gasteiger partial charge in [-0.25, -0.2) is 0 Å². The predicted molar refractivity (Wildman–Crippen MR) is 74.5 cm³/mol. The molecule has 3 heteroatoms. The number of pyridine rings is 1. The first-order valence-corrected chi connectivity index (χ1v) is 6.48. The van der Waals surface area contributed by atoms with Crippen molar-refractivity contribution in [1.82, 2.24) is 4.98 Å². The SMILES string of the molecule is CCC(N)C(CCO)c1ccnc2ccccc12. The van der Waals surface area contributed by atoms with Crippen LogP contribution in [0, 0.1) is 0 Å². The molecule has 0 bridgehead atoms. The van der Waals surface area contributed by atoms with E-state index < -0.39 is 0 Å². The van der Waals surface area contributed by atoms with Gasteiger partial charge in [-0.1, -0.05) is 25.1 Å². The van der Waals surface area contributed by atoms with Crippen molar-refractivity contribution in [2.45, 2.75) is 31.7 Å². The lowest BCUT2D eigenvalue weighted by Gasteiger charge is -2.23. The molecule has 0 aliphatic heterocycles. The lowest BCUT2D eigenvalue weighted by Crippen LogP contribution is -2.28. The maximum Gasteiger partial charge on any atom is 0.0704 e. The Morgan fingerprint density at radius 1 is 1.28 bits per heavy atom. The molecule has 3 nitrogen and oxygen atoms in total. The summed E-state index contributed by atoms with van der Waals surface area (Å²) in [5, 5.41) is 10.4. The van der Waals surface area contributed by atoms with Crippen molar-refractivity contribution >= 4 is 10.9 Å². The Morgan fingerprint density at radius 2 is 2.06 bits per heavy atom. The van der Waals surface area contributed by atoms with E-state index in [0.717, 1.165) is 17.3 Å². The highest BCUT2D eigenvalue weighted by Crippen LogP contribution is 2.29. The second kappa shape index (κ2) is 5.94. The molecule has 0 aliphatic carbocycles. The van der Waals surface area contributed by atoms with Crippen LogP contribution in [0.4, 0.5) is 0 Å². The third kappa shape index (κ3) is 2.52. The van der Waals surface area contributed by atoms with Gasteiger partial charge in [-0.3, -0.25) is 4.98 Å². The first-order valence-electron chi connectivity index (χ1n) is 6.48. The number of aliphatic hydroxyl groups is 1. The van der Waals surface area contributed by atoms with Gasteiger partial charge in [0.15, 0.2) is 0 Å². The van der Waals surface area contributed by atoms with Crippen LogP contribution < -0.4 is 5.73 Å². The molecule has 0 saturated carbocycles. The molecule has 0 saturated heterocycles. The van der Waals surface area contributed by atoms with Crippen LogP contribution in [0.5, 0.6) is 0 Å². The zero-order chi connectivity index (χ0) is 13.0. The fourth-order valence-electron chi connectivity index (χ4n) is 2.47. The van der Waals surface area contributed by atoms with Gasteiger partial charge < -0.3 is 10.8 Å².